The maximum atomic E-state index is 5.49. The SMILES string of the molecule is Nc1cc(NCC2COCCO2)sn1. The predicted molar refractivity (Wildman–Crippen MR) is 55.6 cm³/mol. The Bertz CT molecular complexity index is 286. The van der Waals surface area contributed by atoms with Gasteiger partial charge in [0, 0.05) is 12.6 Å². The Hall–Kier alpha value is -0.850. The lowest BCUT2D eigenvalue weighted by atomic mass is 10.3. The van der Waals surface area contributed by atoms with Crippen LogP contribution in [0.25, 0.3) is 0 Å². The molecule has 1 saturated heterocycles. The van der Waals surface area contributed by atoms with Gasteiger partial charge in [0.25, 0.3) is 0 Å². The average molecular weight is 215 g/mol. The van der Waals surface area contributed by atoms with E-state index < -0.39 is 0 Å². The zero-order valence-electron chi connectivity index (χ0n) is 7.73. The summed E-state index contributed by atoms with van der Waals surface area (Å²) in [6.45, 7) is 2.77. The molecule has 2 rings (SSSR count). The van der Waals surface area contributed by atoms with Gasteiger partial charge < -0.3 is 20.5 Å². The first kappa shape index (κ1) is 9.70. The molecule has 3 N–H and O–H groups in total. The van der Waals surface area contributed by atoms with Crippen LogP contribution in [0.4, 0.5) is 10.8 Å². The summed E-state index contributed by atoms with van der Waals surface area (Å²) >= 11 is 1.36. The van der Waals surface area contributed by atoms with Crippen molar-refractivity contribution in [1.82, 2.24) is 4.37 Å². The van der Waals surface area contributed by atoms with E-state index in [-0.39, 0.29) is 6.10 Å². The van der Waals surface area contributed by atoms with E-state index in [1.165, 1.54) is 11.5 Å². The number of rotatable bonds is 3. The number of nitrogens with one attached hydrogen (secondary N) is 1. The molecule has 0 amide bonds. The average Bonchev–Trinajstić information content (AvgIpc) is 2.63. The predicted octanol–water partition coefficient (Wildman–Crippen LogP) is 0.553. The fraction of sp³-hybridized carbons (Fsp3) is 0.625. The zero-order chi connectivity index (χ0) is 9.80. The highest BCUT2D eigenvalue weighted by atomic mass is 32.1. The molecular weight excluding hydrogens is 202 g/mol. The van der Waals surface area contributed by atoms with Gasteiger partial charge in [0.1, 0.15) is 10.8 Å². The smallest absolute Gasteiger partial charge is 0.139 e. The topological polar surface area (TPSA) is 69.4 Å². The van der Waals surface area contributed by atoms with Crippen molar-refractivity contribution in [2.45, 2.75) is 6.10 Å². The van der Waals surface area contributed by atoms with Crippen molar-refractivity contribution >= 4 is 22.4 Å². The van der Waals surface area contributed by atoms with Crippen LogP contribution in [0.1, 0.15) is 0 Å². The van der Waals surface area contributed by atoms with E-state index >= 15 is 0 Å². The molecule has 1 aromatic heterocycles. The number of hydrogen-bond acceptors (Lipinski definition) is 6. The van der Waals surface area contributed by atoms with Crippen LogP contribution in [-0.4, -0.2) is 36.8 Å². The molecule has 0 spiro atoms. The molecule has 1 fully saturated rings. The second kappa shape index (κ2) is 4.59. The summed E-state index contributed by atoms with van der Waals surface area (Å²) in [4.78, 5) is 0. The monoisotopic (exact) mass is 215 g/mol. The first-order valence-corrected chi connectivity index (χ1v) is 5.27. The van der Waals surface area contributed by atoms with Crippen LogP contribution in [0.5, 0.6) is 0 Å². The maximum absolute atomic E-state index is 5.49. The number of anilines is 2. The molecule has 0 aliphatic carbocycles. The van der Waals surface area contributed by atoms with Gasteiger partial charge in [-0.15, -0.1) is 0 Å². The molecule has 1 unspecified atom stereocenters. The summed E-state index contributed by atoms with van der Waals surface area (Å²) in [7, 11) is 0. The molecule has 0 radical (unpaired) electrons. The third kappa shape index (κ3) is 2.57. The lowest BCUT2D eigenvalue weighted by Gasteiger charge is -2.22. The summed E-state index contributed by atoms with van der Waals surface area (Å²) in [5.41, 5.74) is 5.49. The summed E-state index contributed by atoms with van der Waals surface area (Å²) < 4.78 is 14.7. The highest BCUT2D eigenvalue weighted by Gasteiger charge is 2.13. The van der Waals surface area contributed by atoms with Gasteiger partial charge >= 0.3 is 0 Å². The molecule has 0 saturated carbocycles. The van der Waals surface area contributed by atoms with E-state index in [1.54, 1.807) is 0 Å². The van der Waals surface area contributed by atoms with Crippen molar-refractivity contribution < 1.29 is 9.47 Å². The lowest BCUT2D eigenvalue weighted by molar-refractivity contribution is -0.0818. The lowest BCUT2D eigenvalue weighted by Crippen LogP contribution is -2.34. The normalized spacial score (nSPS) is 22.1. The third-order valence-corrected chi connectivity index (χ3v) is 2.68. The first-order chi connectivity index (χ1) is 6.84. The second-order valence-electron chi connectivity index (χ2n) is 3.06. The third-order valence-electron chi connectivity index (χ3n) is 1.92. The van der Waals surface area contributed by atoms with E-state index in [0.29, 0.717) is 25.6 Å². The number of nitrogen functional groups attached to an aromatic ring is 1. The Labute approximate surface area is 86.4 Å². The first-order valence-electron chi connectivity index (χ1n) is 4.50. The van der Waals surface area contributed by atoms with Crippen molar-refractivity contribution in [3.63, 3.8) is 0 Å². The van der Waals surface area contributed by atoms with E-state index in [4.69, 9.17) is 15.2 Å². The van der Waals surface area contributed by atoms with Gasteiger partial charge in [-0.3, -0.25) is 0 Å². The quantitative estimate of drug-likeness (QED) is 0.770. The molecule has 2 heterocycles. The molecule has 1 aromatic rings. The fourth-order valence-electron chi connectivity index (χ4n) is 1.24. The Morgan fingerprint density at radius 3 is 3.21 bits per heavy atom. The summed E-state index contributed by atoms with van der Waals surface area (Å²) in [5.74, 6) is 0.554. The Morgan fingerprint density at radius 2 is 2.57 bits per heavy atom. The molecule has 5 nitrogen and oxygen atoms in total. The molecule has 0 aromatic carbocycles. The van der Waals surface area contributed by atoms with Gasteiger partial charge in [-0.25, -0.2) is 0 Å². The molecule has 1 aliphatic heterocycles. The van der Waals surface area contributed by atoms with Crippen LogP contribution < -0.4 is 11.1 Å². The molecule has 78 valence electrons. The standard InChI is InChI=1S/C8H13N3O2S/c9-7-3-8(14-11-7)10-4-6-5-12-1-2-13-6/h3,6,10H,1-2,4-5H2,(H2,9,11). The molecule has 0 bridgehead atoms. The Kier molecular flexibility index (Phi) is 3.18. The van der Waals surface area contributed by atoms with Crippen molar-refractivity contribution in [1.29, 1.82) is 0 Å². The van der Waals surface area contributed by atoms with Gasteiger partial charge in [-0.2, -0.15) is 4.37 Å². The van der Waals surface area contributed by atoms with Crippen LogP contribution >= 0.6 is 11.5 Å². The van der Waals surface area contributed by atoms with Crippen molar-refractivity contribution in [2.24, 2.45) is 0 Å². The summed E-state index contributed by atoms with van der Waals surface area (Å²) in [6, 6.07) is 1.81. The van der Waals surface area contributed by atoms with Gasteiger partial charge in [0.05, 0.1) is 25.9 Å². The van der Waals surface area contributed by atoms with Crippen LogP contribution in [-0.2, 0) is 9.47 Å². The van der Waals surface area contributed by atoms with Crippen LogP contribution in [0.3, 0.4) is 0 Å². The van der Waals surface area contributed by atoms with E-state index in [0.717, 1.165) is 11.5 Å². The van der Waals surface area contributed by atoms with Crippen molar-refractivity contribution in [3.05, 3.63) is 6.07 Å². The number of nitrogens with zero attached hydrogens (tertiary/aromatic N) is 1. The second-order valence-corrected chi connectivity index (χ2v) is 3.87. The van der Waals surface area contributed by atoms with Gasteiger partial charge in [-0.1, -0.05) is 0 Å². The summed E-state index contributed by atoms with van der Waals surface area (Å²) in [5, 5.41) is 4.18. The largest absolute Gasteiger partial charge is 0.383 e. The van der Waals surface area contributed by atoms with E-state index in [1.807, 2.05) is 6.07 Å². The van der Waals surface area contributed by atoms with E-state index in [2.05, 4.69) is 9.69 Å². The fourth-order valence-corrected chi connectivity index (χ4v) is 1.82. The van der Waals surface area contributed by atoms with E-state index in [9.17, 15) is 0 Å². The van der Waals surface area contributed by atoms with Gasteiger partial charge in [0.2, 0.25) is 0 Å². The Morgan fingerprint density at radius 1 is 1.64 bits per heavy atom. The van der Waals surface area contributed by atoms with Crippen LogP contribution in [0.15, 0.2) is 6.07 Å². The minimum atomic E-state index is 0.132. The van der Waals surface area contributed by atoms with Crippen molar-refractivity contribution in [3.8, 4) is 0 Å². The maximum Gasteiger partial charge on any atom is 0.139 e. The highest BCUT2D eigenvalue weighted by Crippen LogP contribution is 2.17. The van der Waals surface area contributed by atoms with Gasteiger partial charge in [-0.05, 0) is 11.5 Å². The zero-order valence-corrected chi connectivity index (χ0v) is 8.55. The van der Waals surface area contributed by atoms with Gasteiger partial charge in [0.15, 0.2) is 0 Å². The minimum Gasteiger partial charge on any atom is -0.383 e. The molecule has 1 atom stereocenters. The van der Waals surface area contributed by atoms with Crippen LogP contribution in [0, 0.1) is 0 Å². The number of aromatic nitrogens is 1. The molecule has 1 aliphatic rings. The van der Waals surface area contributed by atoms with Crippen LogP contribution in [0.2, 0.25) is 0 Å². The van der Waals surface area contributed by atoms with Crippen molar-refractivity contribution in [2.75, 3.05) is 37.4 Å². The number of ether oxygens (including phenoxy) is 2. The minimum absolute atomic E-state index is 0.132. The molecule has 6 heteroatoms. The number of nitrogens with two attached hydrogens (primary N) is 1. The Balaban J connectivity index is 1.76. The molecule has 14 heavy (non-hydrogen) atoms. The summed E-state index contributed by atoms with van der Waals surface area (Å²) in [6.07, 6.45) is 0.132. The molecular formula is C8H13N3O2S. The highest BCUT2D eigenvalue weighted by molar-refractivity contribution is 7.10. The number of hydrogen-bond donors (Lipinski definition) is 2.